The zero-order chi connectivity index (χ0) is 7.56. The molecule has 0 aliphatic carbocycles. The number of rotatable bonds is 4. The molecule has 0 saturated carbocycles. The van der Waals surface area contributed by atoms with Gasteiger partial charge in [-0.2, -0.15) is 0 Å². The fourth-order valence-corrected chi connectivity index (χ4v) is 0.841. The zero-order valence-corrected chi connectivity index (χ0v) is 6.50. The lowest BCUT2D eigenvalue weighted by atomic mass is 10.3. The number of epoxide rings is 1. The molecule has 1 saturated heterocycles. The molecule has 3 heteroatoms. The first-order valence-corrected chi connectivity index (χ1v) is 3.81. The third-order valence-electron chi connectivity index (χ3n) is 1.78. The van der Waals surface area contributed by atoms with Crippen LogP contribution in [0.5, 0.6) is 0 Å². The maximum Gasteiger partial charge on any atom is 0.104 e. The fourth-order valence-electron chi connectivity index (χ4n) is 0.841. The maximum absolute atomic E-state index is 9.05. The topological polar surface area (TPSA) is 44.8 Å². The van der Waals surface area contributed by atoms with Gasteiger partial charge in [-0.15, -0.1) is 0 Å². The van der Waals surface area contributed by atoms with Crippen LogP contribution in [0.2, 0.25) is 0 Å². The van der Waals surface area contributed by atoms with Crippen LogP contribution in [-0.4, -0.2) is 30.1 Å². The molecule has 0 aromatic carbocycles. The molecule has 1 aliphatic heterocycles. The van der Waals surface area contributed by atoms with Crippen LogP contribution < -0.4 is 5.32 Å². The summed E-state index contributed by atoms with van der Waals surface area (Å²) in [4.78, 5) is 0. The van der Waals surface area contributed by atoms with E-state index in [-0.39, 0.29) is 6.23 Å². The maximum atomic E-state index is 9.05. The van der Waals surface area contributed by atoms with Crippen LogP contribution in [0.25, 0.3) is 0 Å². The lowest BCUT2D eigenvalue weighted by Gasteiger charge is -2.07. The normalized spacial score (nSPS) is 33.9. The Labute approximate surface area is 61.4 Å². The van der Waals surface area contributed by atoms with Crippen LogP contribution in [0.1, 0.15) is 20.3 Å². The van der Waals surface area contributed by atoms with E-state index >= 15 is 0 Å². The molecule has 2 N–H and O–H groups in total. The van der Waals surface area contributed by atoms with Crippen molar-refractivity contribution in [3.8, 4) is 0 Å². The molecule has 3 atom stereocenters. The molecule has 10 heavy (non-hydrogen) atoms. The molecule has 3 unspecified atom stereocenters. The minimum Gasteiger partial charge on any atom is -0.379 e. The van der Waals surface area contributed by atoms with Crippen LogP contribution in [0.4, 0.5) is 0 Å². The van der Waals surface area contributed by atoms with Gasteiger partial charge in [-0.25, -0.2) is 0 Å². The van der Waals surface area contributed by atoms with Gasteiger partial charge in [0.2, 0.25) is 0 Å². The highest BCUT2D eigenvalue weighted by molar-refractivity contribution is 4.82. The summed E-state index contributed by atoms with van der Waals surface area (Å²) in [7, 11) is 0. The SMILES string of the molecule is CCC(O)NCC1OC1C. The lowest BCUT2D eigenvalue weighted by Crippen LogP contribution is -2.31. The molecular weight excluding hydrogens is 130 g/mol. The Kier molecular flexibility index (Phi) is 2.65. The number of hydrogen-bond acceptors (Lipinski definition) is 3. The van der Waals surface area contributed by atoms with E-state index in [0.29, 0.717) is 12.2 Å². The number of nitrogens with one attached hydrogen (secondary N) is 1. The van der Waals surface area contributed by atoms with Crippen molar-refractivity contribution in [2.75, 3.05) is 6.54 Å². The summed E-state index contributed by atoms with van der Waals surface area (Å²) in [6, 6.07) is 0. The van der Waals surface area contributed by atoms with Gasteiger partial charge in [-0.05, 0) is 13.3 Å². The van der Waals surface area contributed by atoms with Crippen molar-refractivity contribution >= 4 is 0 Å². The van der Waals surface area contributed by atoms with E-state index in [0.717, 1.165) is 13.0 Å². The molecule has 0 aromatic heterocycles. The second-order valence-electron chi connectivity index (χ2n) is 2.71. The van der Waals surface area contributed by atoms with Gasteiger partial charge in [0, 0.05) is 6.54 Å². The summed E-state index contributed by atoms with van der Waals surface area (Å²) >= 11 is 0. The highest BCUT2D eigenvalue weighted by Gasteiger charge is 2.33. The van der Waals surface area contributed by atoms with Gasteiger partial charge in [-0.3, -0.25) is 5.32 Å². The third kappa shape index (κ3) is 2.25. The van der Waals surface area contributed by atoms with E-state index in [1.165, 1.54) is 0 Å². The van der Waals surface area contributed by atoms with Crippen molar-refractivity contribution in [3.63, 3.8) is 0 Å². The quantitative estimate of drug-likeness (QED) is 0.435. The van der Waals surface area contributed by atoms with Gasteiger partial charge >= 0.3 is 0 Å². The van der Waals surface area contributed by atoms with Crippen LogP contribution in [-0.2, 0) is 4.74 Å². The predicted molar refractivity (Wildman–Crippen MR) is 38.6 cm³/mol. The second kappa shape index (κ2) is 3.32. The van der Waals surface area contributed by atoms with E-state index in [1.54, 1.807) is 0 Å². The first-order valence-electron chi connectivity index (χ1n) is 3.81. The smallest absolute Gasteiger partial charge is 0.104 e. The summed E-state index contributed by atoms with van der Waals surface area (Å²) in [6.07, 6.45) is 1.11. The molecule has 0 bridgehead atoms. The van der Waals surface area contributed by atoms with Gasteiger partial charge in [0.1, 0.15) is 6.23 Å². The summed E-state index contributed by atoms with van der Waals surface area (Å²) in [5.74, 6) is 0. The van der Waals surface area contributed by atoms with Gasteiger partial charge in [-0.1, -0.05) is 6.92 Å². The first-order chi connectivity index (χ1) is 4.74. The molecule has 1 aliphatic rings. The van der Waals surface area contributed by atoms with Gasteiger partial charge < -0.3 is 9.84 Å². The minimum absolute atomic E-state index is 0.334. The average Bonchev–Trinajstić information content (AvgIpc) is 2.61. The lowest BCUT2D eigenvalue weighted by molar-refractivity contribution is 0.130. The number of ether oxygens (including phenoxy) is 1. The van der Waals surface area contributed by atoms with Crippen LogP contribution >= 0.6 is 0 Å². The van der Waals surface area contributed by atoms with Crippen molar-refractivity contribution in [2.45, 2.75) is 38.7 Å². The Hall–Kier alpha value is -0.120. The Morgan fingerprint density at radius 2 is 2.30 bits per heavy atom. The molecule has 0 radical (unpaired) electrons. The van der Waals surface area contributed by atoms with E-state index in [1.807, 2.05) is 13.8 Å². The highest BCUT2D eigenvalue weighted by Crippen LogP contribution is 2.19. The van der Waals surface area contributed by atoms with Crippen LogP contribution in [0.15, 0.2) is 0 Å². The predicted octanol–water partition coefficient (Wildman–Crippen LogP) is 0.0917. The third-order valence-corrected chi connectivity index (χ3v) is 1.78. The van der Waals surface area contributed by atoms with Crippen LogP contribution in [0, 0.1) is 0 Å². The monoisotopic (exact) mass is 145 g/mol. The van der Waals surface area contributed by atoms with E-state index < -0.39 is 0 Å². The summed E-state index contributed by atoms with van der Waals surface area (Å²) in [5, 5.41) is 12.0. The zero-order valence-electron chi connectivity index (χ0n) is 6.50. The van der Waals surface area contributed by atoms with Crippen LogP contribution in [0.3, 0.4) is 0 Å². The molecule has 1 rings (SSSR count). The van der Waals surface area contributed by atoms with E-state index in [2.05, 4.69) is 5.32 Å². The Morgan fingerprint density at radius 3 is 2.70 bits per heavy atom. The Morgan fingerprint density at radius 1 is 1.70 bits per heavy atom. The Bertz CT molecular complexity index is 104. The molecule has 0 spiro atoms. The number of aliphatic hydroxyl groups excluding tert-OH is 1. The standard InChI is InChI=1S/C7H15NO2/c1-3-7(9)8-4-6-5(2)10-6/h5-9H,3-4H2,1-2H3. The van der Waals surface area contributed by atoms with Crippen molar-refractivity contribution in [1.29, 1.82) is 0 Å². The van der Waals surface area contributed by atoms with Crippen molar-refractivity contribution in [2.24, 2.45) is 0 Å². The molecular formula is C7H15NO2. The molecule has 1 fully saturated rings. The van der Waals surface area contributed by atoms with E-state index in [9.17, 15) is 0 Å². The first kappa shape index (κ1) is 7.98. The van der Waals surface area contributed by atoms with Crippen molar-refractivity contribution in [1.82, 2.24) is 5.32 Å². The second-order valence-corrected chi connectivity index (χ2v) is 2.71. The molecule has 1 heterocycles. The molecule has 0 amide bonds. The van der Waals surface area contributed by atoms with Gasteiger partial charge in [0.05, 0.1) is 12.2 Å². The molecule has 0 aromatic rings. The van der Waals surface area contributed by atoms with Crippen molar-refractivity contribution in [3.05, 3.63) is 0 Å². The molecule has 60 valence electrons. The summed E-state index contributed by atoms with van der Waals surface area (Å²) in [6.45, 7) is 4.75. The average molecular weight is 145 g/mol. The largest absolute Gasteiger partial charge is 0.379 e. The Balaban J connectivity index is 1.95. The summed E-state index contributed by atoms with van der Waals surface area (Å²) < 4.78 is 5.14. The minimum atomic E-state index is -0.364. The highest BCUT2D eigenvalue weighted by atomic mass is 16.6. The summed E-state index contributed by atoms with van der Waals surface area (Å²) in [5.41, 5.74) is 0. The van der Waals surface area contributed by atoms with Gasteiger partial charge in [0.25, 0.3) is 0 Å². The number of hydrogen-bond donors (Lipinski definition) is 2. The van der Waals surface area contributed by atoms with Crippen molar-refractivity contribution < 1.29 is 9.84 Å². The van der Waals surface area contributed by atoms with E-state index in [4.69, 9.17) is 9.84 Å². The fraction of sp³-hybridized carbons (Fsp3) is 1.00. The molecule has 3 nitrogen and oxygen atoms in total. The number of aliphatic hydroxyl groups is 1. The van der Waals surface area contributed by atoms with Gasteiger partial charge in [0.15, 0.2) is 0 Å².